The van der Waals surface area contributed by atoms with Crippen LogP contribution in [0.15, 0.2) is 28.7 Å². The summed E-state index contributed by atoms with van der Waals surface area (Å²) in [4.78, 5) is 0. The molecule has 0 radical (unpaired) electrons. The van der Waals surface area contributed by atoms with Crippen LogP contribution in [0.3, 0.4) is 0 Å². The molecule has 0 aliphatic rings. The van der Waals surface area contributed by atoms with E-state index in [1.54, 1.807) is 6.07 Å². The minimum absolute atomic E-state index is 0.165. The number of fused-ring (bicyclic) bond motifs is 1. The van der Waals surface area contributed by atoms with E-state index >= 15 is 0 Å². The summed E-state index contributed by atoms with van der Waals surface area (Å²) in [5, 5.41) is 9.88. The molecular formula is C15H17NO4. The summed E-state index contributed by atoms with van der Waals surface area (Å²) in [6.45, 7) is 5.05. The number of hydrogen-bond acceptors (Lipinski definition) is 5. The highest BCUT2D eigenvalue weighted by Crippen LogP contribution is 2.32. The molecule has 5 heteroatoms. The molecule has 1 heterocycles. The second-order valence-electron chi connectivity index (χ2n) is 4.02. The molecule has 0 aliphatic carbocycles. The molecule has 0 atom stereocenters. The summed E-state index contributed by atoms with van der Waals surface area (Å²) in [6, 6.07) is 9.37. The highest BCUT2D eigenvalue weighted by atomic mass is 16.7. The van der Waals surface area contributed by atoms with Crippen molar-refractivity contribution in [3.8, 4) is 11.8 Å². The van der Waals surface area contributed by atoms with Crippen molar-refractivity contribution in [3.63, 3.8) is 0 Å². The van der Waals surface area contributed by atoms with Crippen molar-refractivity contribution in [3.05, 3.63) is 30.0 Å². The summed E-state index contributed by atoms with van der Waals surface area (Å²) < 4.78 is 21.9. The second kappa shape index (κ2) is 6.94. The minimum Gasteiger partial charge on any atom is -0.483 e. The van der Waals surface area contributed by atoms with Gasteiger partial charge in [0.1, 0.15) is 18.3 Å². The predicted octanol–water partition coefficient (Wildman–Crippen LogP) is 3.08. The quantitative estimate of drug-likeness (QED) is 0.726. The lowest BCUT2D eigenvalue weighted by Gasteiger charge is -2.17. The van der Waals surface area contributed by atoms with Gasteiger partial charge in [-0.05, 0) is 26.0 Å². The monoisotopic (exact) mass is 275 g/mol. The number of para-hydroxylation sites is 1. The molecule has 0 saturated carbocycles. The number of nitriles is 1. The van der Waals surface area contributed by atoms with Gasteiger partial charge in [0.25, 0.3) is 0 Å². The molecule has 1 aromatic heterocycles. The van der Waals surface area contributed by atoms with Gasteiger partial charge in [-0.1, -0.05) is 12.1 Å². The maximum absolute atomic E-state index is 9.11. The summed E-state index contributed by atoms with van der Waals surface area (Å²) in [5.41, 5.74) is 0.628. The highest BCUT2D eigenvalue weighted by molar-refractivity contribution is 5.86. The number of furan rings is 1. The normalized spacial score (nSPS) is 10.9. The number of rotatable bonds is 7. The van der Waals surface area contributed by atoms with Crippen molar-refractivity contribution in [2.45, 2.75) is 20.1 Å². The summed E-state index contributed by atoms with van der Waals surface area (Å²) in [5.74, 6) is 0.602. The third kappa shape index (κ3) is 3.10. The molecule has 2 rings (SSSR count). The van der Waals surface area contributed by atoms with E-state index in [1.165, 1.54) is 0 Å². The van der Waals surface area contributed by atoms with E-state index < -0.39 is 6.29 Å². The summed E-state index contributed by atoms with van der Waals surface area (Å²) in [6.07, 6.45) is -0.454. The lowest BCUT2D eigenvalue weighted by molar-refractivity contribution is -0.152. The van der Waals surface area contributed by atoms with Crippen LogP contribution in [0.2, 0.25) is 0 Å². The zero-order valence-corrected chi connectivity index (χ0v) is 11.6. The van der Waals surface area contributed by atoms with Crippen molar-refractivity contribution in [1.29, 1.82) is 5.26 Å². The number of hydrogen-bond donors (Lipinski definition) is 0. The lowest BCUT2D eigenvalue weighted by atomic mass is 10.2. The van der Waals surface area contributed by atoms with E-state index in [0.29, 0.717) is 24.5 Å². The first kappa shape index (κ1) is 14.4. The molecule has 20 heavy (non-hydrogen) atoms. The standard InChI is InChI=1S/C15H17NO4/c1-3-17-14(18-4-2)10-19-15-11-7-5-6-8-12(11)20-13(15)9-16/h5-8,14H,3-4,10H2,1-2H3. The lowest BCUT2D eigenvalue weighted by Crippen LogP contribution is -2.25. The third-order valence-corrected chi connectivity index (χ3v) is 2.72. The number of ether oxygens (including phenoxy) is 3. The van der Waals surface area contributed by atoms with Crippen LogP contribution in [-0.4, -0.2) is 26.1 Å². The van der Waals surface area contributed by atoms with Crippen molar-refractivity contribution < 1.29 is 18.6 Å². The van der Waals surface area contributed by atoms with Gasteiger partial charge in [-0.3, -0.25) is 0 Å². The fraction of sp³-hybridized carbons (Fsp3) is 0.400. The summed E-state index contributed by atoms with van der Waals surface area (Å²) in [7, 11) is 0. The Balaban J connectivity index is 2.18. The molecule has 0 unspecified atom stereocenters. The molecule has 106 valence electrons. The smallest absolute Gasteiger partial charge is 0.246 e. The molecule has 1 aromatic carbocycles. The zero-order valence-electron chi connectivity index (χ0n) is 11.6. The van der Waals surface area contributed by atoms with Crippen LogP contribution in [0.25, 0.3) is 11.0 Å². The van der Waals surface area contributed by atoms with Crippen LogP contribution in [-0.2, 0) is 9.47 Å². The first-order valence-electron chi connectivity index (χ1n) is 6.57. The van der Waals surface area contributed by atoms with Crippen LogP contribution in [0.5, 0.6) is 5.75 Å². The van der Waals surface area contributed by atoms with Gasteiger partial charge in [0.15, 0.2) is 12.0 Å². The molecular weight excluding hydrogens is 258 g/mol. The summed E-state index contributed by atoms with van der Waals surface area (Å²) >= 11 is 0. The van der Waals surface area contributed by atoms with Crippen LogP contribution in [0, 0.1) is 11.3 Å². The maximum Gasteiger partial charge on any atom is 0.246 e. The van der Waals surface area contributed by atoms with Crippen molar-refractivity contribution in [2.75, 3.05) is 19.8 Å². The predicted molar refractivity (Wildman–Crippen MR) is 73.5 cm³/mol. The van der Waals surface area contributed by atoms with E-state index in [2.05, 4.69) is 0 Å². The average Bonchev–Trinajstić information content (AvgIpc) is 2.83. The Morgan fingerprint density at radius 2 is 1.90 bits per heavy atom. The fourth-order valence-electron chi connectivity index (χ4n) is 1.91. The molecule has 0 fully saturated rings. The van der Waals surface area contributed by atoms with Gasteiger partial charge in [0.2, 0.25) is 5.76 Å². The van der Waals surface area contributed by atoms with Crippen molar-refractivity contribution in [1.82, 2.24) is 0 Å². The van der Waals surface area contributed by atoms with Gasteiger partial charge in [-0.2, -0.15) is 5.26 Å². The topological polar surface area (TPSA) is 64.6 Å². The Bertz CT molecular complexity index is 593. The van der Waals surface area contributed by atoms with Gasteiger partial charge in [-0.25, -0.2) is 0 Å². The van der Waals surface area contributed by atoms with Gasteiger partial charge in [0, 0.05) is 13.2 Å². The molecule has 0 bridgehead atoms. The largest absolute Gasteiger partial charge is 0.483 e. The molecule has 0 N–H and O–H groups in total. The van der Waals surface area contributed by atoms with Crippen LogP contribution in [0.1, 0.15) is 19.6 Å². The van der Waals surface area contributed by atoms with Gasteiger partial charge < -0.3 is 18.6 Å². The molecule has 2 aromatic rings. The van der Waals surface area contributed by atoms with E-state index in [1.807, 2.05) is 38.1 Å². The van der Waals surface area contributed by atoms with E-state index in [9.17, 15) is 0 Å². The fourth-order valence-corrected chi connectivity index (χ4v) is 1.91. The number of benzene rings is 1. The highest BCUT2D eigenvalue weighted by Gasteiger charge is 2.17. The SMILES string of the molecule is CCOC(COc1c(C#N)oc2ccccc12)OCC. The molecule has 0 aliphatic heterocycles. The van der Waals surface area contributed by atoms with Gasteiger partial charge in [0.05, 0.1) is 5.39 Å². The number of nitrogens with zero attached hydrogens (tertiary/aromatic N) is 1. The first-order chi connectivity index (χ1) is 9.80. The first-order valence-corrected chi connectivity index (χ1v) is 6.57. The van der Waals surface area contributed by atoms with Crippen LogP contribution >= 0.6 is 0 Å². The minimum atomic E-state index is -0.454. The maximum atomic E-state index is 9.11. The molecule has 0 amide bonds. The van der Waals surface area contributed by atoms with Crippen LogP contribution in [0.4, 0.5) is 0 Å². The average molecular weight is 275 g/mol. The van der Waals surface area contributed by atoms with E-state index in [0.717, 1.165) is 5.39 Å². The Morgan fingerprint density at radius 3 is 2.55 bits per heavy atom. The Labute approximate surface area is 117 Å². The molecule has 5 nitrogen and oxygen atoms in total. The van der Waals surface area contributed by atoms with Gasteiger partial charge >= 0.3 is 0 Å². The molecule has 0 saturated heterocycles. The Hall–Kier alpha value is -2.03. The Kier molecular flexibility index (Phi) is 4.99. The van der Waals surface area contributed by atoms with Crippen molar-refractivity contribution in [2.24, 2.45) is 0 Å². The Morgan fingerprint density at radius 1 is 1.20 bits per heavy atom. The van der Waals surface area contributed by atoms with E-state index in [-0.39, 0.29) is 12.4 Å². The second-order valence-corrected chi connectivity index (χ2v) is 4.02. The third-order valence-electron chi connectivity index (χ3n) is 2.72. The molecule has 0 spiro atoms. The zero-order chi connectivity index (χ0) is 14.4. The van der Waals surface area contributed by atoms with Crippen molar-refractivity contribution >= 4 is 11.0 Å². The van der Waals surface area contributed by atoms with Gasteiger partial charge in [-0.15, -0.1) is 0 Å². The van der Waals surface area contributed by atoms with E-state index in [4.69, 9.17) is 23.9 Å². The van der Waals surface area contributed by atoms with Crippen LogP contribution < -0.4 is 4.74 Å².